The van der Waals surface area contributed by atoms with Crippen molar-refractivity contribution in [3.05, 3.63) is 59.4 Å². The number of carbonyl (C=O) groups is 2. The Kier molecular flexibility index (Phi) is 6.11. The van der Waals surface area contributed by atoms with Crippen LogP contribution in [0, 0.1) is 5.82 Å². The monoisotopic (exact) mass is 400 g/mol. The second kappa shape index (κ2) is 8.72. The summed E-state index contributed by atoms with van der Waals surface area (Å²) in [7, 11) is 3.05. The number of hydrogen-bond acceptors (Lipinski definition) is 5. The maximum atomic E-state index is 14.5. The summed E-state index contributed by atoms with van der Waals surface area (Å²) in [5.74, 6) is -0.906. The van der Waals surface area contributed by atoms with Crippen LogP contribution in [-0.2, 0) is 9.59 Å². The molecule has 0 spiro atoms. The van der Waals surface area contributed by atoms with E-state index in [1.165, 1.54) is 25.3 Å². The maximum Gasteiger partial charge on any atom is 0.303 e. The zero-order valence-electron chi connectivity index (χ0n) is 16.1. The van der Waals surface area contributed by atoms with E-state index in [2.05, 4.69) is 5.10 Å². The molecule has 1 N–H and O–H groups in total. The van der Waals surface area contributed by atoms with Crippen molar-refractivity contribution in [1.29, 1.82) is 0 Å². The summed E-state index contributed by atoms with van der Waals surface area (Å²) < 4.78 is 25.1. The lowest BCUT2D eigenvalue weighted by Crippen LogP contribution is -2.28. The molecule has 8 heteroatoms. The Morgan fingerprint density at radius 3 is 2.59 bits per heavy atom. The molecule has 0 saturated carbocycles. The zero-order valence-corrected chi connectivity index (χ0v) is 16.1. The van der Waals surface area contributed by atoms with Gasteiger partial charge in [0.25, 0.3) is 0 Å². The molecule has 1 aliphatic rings. The van der Waals surface area contributed by atoms with Gasteiger partial charge in [-0.2, -0.15) is 5.10 Å². The standard InChI is InChI=1S/C21H21FN2O5/c1-28-13-7-8-19(29-2)15(11-13)17-12-18(14-5-3-4-6-16(14)22)24(23-17)20(25)9-10-21(26)27/h3-8,11,18H,9-10,12H2,1-2H3,(H,26,27)/t18-/m1/s1. The first-order valence-electron chi connectivity index (χ1n) is 9.02. The largest absolute Gasteiger partial charge is 0.497 e. The molecule has 0 radical (unpaired) electrons. The summed E-state index contributed by atoms with van der Waals surface area (Å²) in [6.45, 7) is 0. The molecular formula is C21H21FN2O5. The smallest absolute Gasteiger partial charge is 0.303 e. The molecule has 2 aromatic carbocycles. The van der Waals surface area contributed by atoms with E-state index in [0.717, 1.165) is 0 Å². The third kappa shape index (κ3) is 4.37. The second-order valence-electron chi connectivity index (χ2n) is 6.49. The molecule has 2 aromatic rings. The normalized spacial score (nSPS) is 15.8. The van der Waals surface area contributed by atoms with Crippen LogP contribution < -0.4 is 9.47 Å². The van der Waals surface area contributed by atoms with E-state index >= 15 is 0 Å². The molecule has 7 nitrogen and oxygen atoms in total. The van der Waals surface area contributed by atoms with Gasteiger partial charge in [-0.15, -0.1) is 0 Å². The number of hydrazone groups is 1. The third-order valence-electron chi connectivity index (χ3n) is 4.70. The van der Waals surface area contributed by atoms with Crippen LogP contribution in [0.3, 0.4) is 0 Å². The number of amides is 1. The topological polar surface area (TPSA) is 88.4 Å². The first-order chi connectivity index (χ1) is 13.9. The van der Waals surface area contributed by atoms with E-state index in [1.807, 2.05) is 0 Å². The van der Waals surface area contributed by atoms with Crippen LogP contribution in [0.5, 0.6) is 11.5 Å². The number of aliphatic carboxylic acids is 1. The fourth-order valence-corrected chi connectivity index (χ4v) is 3.26. The van der Waals surface area contributed by atoms with Crippen molar-refractivity contribution in [1.82, 2.24) is 5.01 Å². The van der Waals surface area contributed by atoms with E-state index in [-0.39, 0.29) is 19.3 Å². The van der Waals surface area contributed by atoms with E-state index in [1.54, 1.807) is 36.4 Å². The number of carbonyl (C=O) groups excluding carboxylic acids is 1. The highest BCUT2D eigenvalue weighted by Gasteiger charge is 2.35. The van der Waals surface area contributed by atoms with Crippen molar-refractivity contribution < 1.29 is 28.6 Å². The molecule has 0 aromatic heterocycles. The molecule has 152 valence electrons. The van der Waals surface area contributed by atoms with Gasteiger partial charge in [-0.3, -0.25) is 9.59 Å². The van der Waals surface area contributed by atoms with E-state index in [0.29, 0.717) is 28.3 Å². The fourth-order valence-electron chi connectivity index (χ4n) is 3.26. The fraction of sp³-hybridized carbons (Fsp3) is 0.286. The van der Waals surface area contributed by atoms with Gasteiger partial charge >= 0.3 is 5.97 Å². The molecule has 1 amide bonds. The lowest BCUT2D eigenvalue weighted by Gasteiger charge is -2.22. The molecule has 29 heavy (non-hydrogen) atoms. The average Bonchev–Trinajstić information content (AvgIpc) is 3.16. The molecule has 3 rings (SSSR count). The molecule has 0 fully saturated rings. The highest BCUT2D eigenvalue weighted by atomic mass is 19.1. The van der Waals surface area contributed by atoms with E-state index in [4.69, 9.17) is 14.6 Å². The summed E-state index contributed by atoms with van der Waals surface area (Å²) in [5.41, 5.74) is 1.47. The SMILES string of the molecule is COc1ccc(OC)c(C2=NN(C(=O)CCC(=O)O)[C@@H](c3ccccc3F)C2)c1. The molecule has 0 unspecified atom stereocenters. The summed E-state index contributed by atoms with van der Waals surface area (Å²) in [6, 6.07) is 10.7. The van der Waals surface area contributed by atoms with Crippen LogP contribution in [0.25, 0.3) is 0 Å². The van der Waals surface area contributed by atoms with Crippen molar-refractivity contribution in [2.24, 2.45) is 5.10 Å². The average molecular weight is 400 g/mol. The van der Waals surface area contributed by atoms with Crippen LogP contribution in [0.1, 0.15) is 36.4 Å². The number of methoxy groups -OCH3 is 2. The van der Waals surface area contributed by atoms with Gasteiger partial charge in [0.1, 0.15) is 17.3 Å². The maximum absolute atomic E-state index is 14.5. The Labute approximate surface area is 167 Å². The highest BCUT2D eigenvalue weighted by molar-refractivity contribution is 6.05. The molecule has 0 bridgehead atoms. The van der Waals surface area contributed by atoms with Crippen molar-refractivity contribution in [2.45, 2.75) is 25.3 Å². The number of rotatable bonds is 7. The van der Waals surface area contributed by atoms with Gasteiger partial charge in [-0.25, -0.2) is 9.40 Å². The van der Waals surface area contributed by atoms with E-state index < -0.39 is 23.7 Å². The highest BCUT2D eigenvalue weighted by Crippen LogP contribution is 2.37. The minimum absolute atomic E-state index is 0.230. The van der Waals surface area contributed by atoms with Crippen LogP contribution in [0.2, 0.25) is 0 Å². The van der Waals surface area contributed by atoms with E-state index in [9.17, 15) is 14.0 Å². The number of carboxylic acids is 1. The number of nitrogens with zero attached hydrogens (tertiary/aromatic N) is 2. The quantitative estimate of drug-likeness (QED) is 0.770. The number of hydrogen-bond donors (Lipinski definition) is 1. The molecular weight excluding hydrogens is 379 g/mol. The number of benzene rings is 2. The van der Waals surface area contributed by atoms with Gasteiger partial charge in [0.2, 0.25) is 5.91 Å². The Hall–Kier alpha value is -3.42. The van der Waals surface area contributed by atoms with Crippen molar-refractivity contribution in [2.75, 3.05) is 14.2 Å². The lowest BCUT2D eigenvalue weighted by atomic mass is 9.97. The second-order valence-corrected chi connectivity index (χ2v) is 6.49. The minimum atomic E-state index is -1.08. The van der Waals surface area contributed by atoms with Crippen LogP contribution in [0.4, 0.5) is 4.39 Å². The Morgan fingerprint density at radius 1 is 1.17 bits per heavy atom. The third-order valence-corrected chi connectivity index (χ3v) is 4.70. The first kappa shape index (κ1) is 20.3. The number of halogens is 1. The summed E-state index contributed by atoms with van der Waals surface area (Å²) >= 11 is 0. The van der Waals surface area contributed by atoms with Gasteiger partial charge in [-0.05, 0) is 24.3 Å². The summed E-state index contributed by atoms with van der Waals surface area (Å²) in [4.78, 5) is 23.5. The molecule has 1 aliphatic heterocycles. The zero-order chi connectivity index (χ0) is 21.0. The van der Waals surface area contributed by atoms with Crippen LogP contribution >= 0.6 is 0 Å². The van der Waals surface area contributed by atoms with Gasteiger partial charge in [0.05, 0.1) is 32.4 Å². The van der Waals surface area contributed by atoms with Gasteiger partial charge in [0.15, 0.2) is 0 Å². The lowest BCUT2D eigenvalue weighted by molar-refractivity contribution is -0.141. The number of ether oxygens (including phenoxy) is 2. The predicted octanol–water partition coefficient (Wildman–Crippen LogP) is 3.39. The van der Waals surface area contributed by atoms with Crippen LogP contribution in [0.15, 0.2) is 47.6 Å². The Morgan fingerprint density at radius 2 is 1.93 bits per heavy atom. The number of carboxylic acid groups (broad SMARTS) is 1. The van der Waals surface area contributed by atoms with Crippen molar-refractivity contribution in [3.8, 4) is 11.5 Å². The Balaban J connectivity index is 2.01. The van der Waals surface area contributed by atoms with Crippen molar-refractivity contribution in [3.63, 3.8) is 0 Å². The van der Waals surface area contributed by atoms with Gasteiger partial charge in [-0.1, -0.05) is 18.2 Å². The van der Waals surface area contributed by atoms with Crippen LogP contribution in [-0.4, -0.2) is 41.9 Å². The first-order valence-corrected chi connectivity index (χ1v) is 9.02. The Bertz CT molecular complexity index is 960. The van der Waals surface area contributed by atoms with Gasteiger partial charge < -0.3 is 14.6 Å². The summed E-state index contributed by atoms with van der Waals surface area (Å²) in [6.07, 6.45) is -0.303. The molecule has 0 aliphatic carbocycles. The molecule has 0 saturated heterocycles. The predicted molar refractivity (Wildman–Crippen MR) is 104 cm³/mol. The van der Waals surface area contributed by atoms with Gasteiger partial charge in [0, 0.05) is 24.0 Å². The molecule has 1 heterocycles. The molecule has 1 atom stereocenters. The van der Waals surface area contributed by atoms with Crippen molar-refractivity contribution >= 4 is 17.6 Å². The summed E-state index contributed by atoms with van der Waals surface area (Å²) in [5, 5.41) is 14.5. The minimum Gasteiger partial charge on any atom is -0.497 e.